The maximum absolute atomic E-state index is 12.5. The van der Waals surface area contributed by atoms with E-state index >= 15 is 0 Å². The highest BCUT2D eigenvalue weighted by atomic mass is 16.8. The zero-order chi connectivity index (χ0) is 21.2. The number of fused-ring (bicyclic) bond motifs is 1. The molecule has 2 amide bonds. The van der Waals surface area contributed by atoms with Crippen molar-refractivity contribution in [3.63, 3.8) is 0 Å². The van der Waals surface area contributed by atoms with Crippen LogP contribution in [0.3, 0.4) is 0 Å². The van der Waals surface area contributed by atoms with Gasteiger partial charge in [-0.2, -0.15) is 0 Å². The molecule has 0 bridgehead atoms. The molecule has 30 heavy (non-hydrogen) atoms. The Bertz CT molecular complexity index is 829. The van der Waals surface area contributed by atoms with Crippen LogP contribution in [0.5, 0.6) is 0 Å². The predicted molar refractivity (Wildman–Crippen MR) is 110 cm³/mol. The Balaban J connectivity index is 1.43. The Kier molecular flexibility index (Phi) is 5.73. The first-order valence-corrected chi connectivity index (χ1v) is 10.8. The standard InChI is InChI=1S/C23H30N2O5/c1-22(2)29-19-18(13-24-20(26)16-9-5-3-6-10-16)28-15-23(19,30-22)14-25-21(27)17-11-7-4-8-12-17/h4,7-8,11-12,16H,3,5-6,9-10,13-15H2,1-2H3,(H,24,26)(H,25,27)/t23-/m0/s1. The van der Waals surface area contributed by atoms with E-state index in [9.17, 15) is 9.59 Å². The van der Waals surface area contributed by atoms with Crippen molar-refractivity contribution in [2.24, 2.45) is 5.92 Å². The summed E-state index contributed by atoms with van der Waals surface area (Å²) in [6, 6.07) is 9.03. The minimum Gasteiger partial charge on any atom is -0.489 e. The quantitative estimate of drug-likeness (QED) is 0.748. The van der Waals surface area contributed by atoms with Crippen LogP contribution in [0.2, 0.25) is 0 Å². The maximum Gasteiger partial charge on any atom is 0.251 e. The molecule has 1 atom stereocenters. The van der Waals surface area contributed by atoms with Crippen LogP contribution in [-0.2, 0) is 19.0 Å². The number of hydrogen-bond donors (Lipinski definition) is 2. The van der Waals surface area contributed by atoms with Crippen LogP contribution < -0.4 is 10.6 Å². The molecule has 0 spiro atoms. The summed E-state index contributed by atoms with van der Waals surface area (Å²) in [4.78, 5) is 25.0. The van der Waals surface area contributed by atoms with E-state index in [4.69, 9.17) is 14.2 Å². The minimum absolute atomic E-state index is 0.0689. The average molecular weight is 415 g/mol. The second-order valence-electron chi connectivity index (χ2n) is 8.74. The molecule has 7 nitrogen and oxygen atoms in total. The van der Waals surface area contributed by atoms with Gasteiger partial charge in [0.15, 0.2) is 17.1 Å². The fourth-order valence-electron chi connectivity index (χ4n) is 4.44. The van der Waals surface area contributed by atoms with Crippen molar-refractivity contribution in [2.75, 3.05) is 19.7 Å². The van der Waals surface area contributed by atoms with Gasteiger partial charge in [0.25, 0.3) is 5.91 Å². The monoisotopic (exact) mass is 414 g/mol. The third-order valence-corrected chi connectivity index (χ3v) is 5.91. The molecule has 2 N–H and O–H groups in total. The van der Waals surface area contributed by atoms with Crippen LogP contribution >= 0.6 is 0 Å². The number of nitrogens with one attached hydrogen (secondary N) is 2. The highest BCUT2D eigenvalue weighted by Crippen LogP contribution is 2.45. The first-order chi connectivity index (χ1) is 14.4. The van der Waals surface area contributed by atoms with E-state index in [0.29, 0.717) is 17.1 Å². The maximum atomic E-state index is 12.5. The lowest BCUT2D eigenvalue weighted by Crippen LogP contribution is -2.46. The summed E-state index contributed by atoms with van der Waals surface area (Å²) in [7, 11) is 0. The molecule has 7 heteroatoms. The highest BCUT2D eigenvalue weighted by molar-refractivity contribution is 5.94. The molecule has 2 aliphatic heterocycles. The van der Waals surface area contributed by atoms with Crippen molar-refractivity contribution < 1.29 is 23.8 Å². The summed E-state index contributed by atoms with van der Waals surface area (Å²) in [5.74, 6) is 0.257. The van der Waals surface area contributed by atoms with E-state index in [0.717, 1.165) is 25.7 Å². The van der Waals surface area contributed by atoms with E-state index in [1.807, 2.05) is 32.0 Å². The van der Waals surface area contributed by atoms with Crippen molar-refractivity contribution in [3.05, 3.63) is 47.4 Å². The Morgan fingerprint density at radius 2 is 1.80 bits per heavy atom. The molecule has 3 aliphatic rings. The van der Waals surface area contributed by atoms with Crippen LogP contribution in [0, 0.1) is 5.92 Å². The zero-order valence-corrected chi connectivity index (χ0v) is 17.7. The van der Waals surface area contributed by atoms with Gasteiger partial charge in [-0.25, -0.2) is 0 Å². The summed E-state index contributed by atoms with van der Waals surface area (Å²) >= 11 is 0. The molecular weight excluding hydrogens is 384 g/mol. The van der Waals surface area contributed by atoms with Crippen LogP contribution in [-0.4, -0.2) is 42.9 Å². The van der Waals surface area contributed by atoms with Crippen molar-refractivity contribution in [1.29, 1.82) is 0 Å². The van der Waals surface area contributed by atoms with E-state index in [2.05, 4.69) is 10.6 Å². The van der Waals surface area contributed by atoms with Gasteiger partial charge in [-0.05, 0) is 25.0 Å². The Labute approximate surface area is 177 Å². The van der Waals surface area contributed by atoms with Gasteiger partial charge in [0.2, 0.25) is 11.7 Å². The lowest BCUT2D eigenvalue weighted by atomic mass is 9.89. The second kappa shape index (κ2) is 8.30. The van der Waals surface area contributed by atoms with E-state index in [1.54, 1.807) is 12.1 Å². The third kappa shape index (κ3) is 4.31. The van der Waals surface area contributed by atoms with Crippen LogP contribution in [0.15, 0.2) is 41.9 Å². The molecular formula is C23H30N2O5. The average Bonchev–Trinajstić information content (AvgIpc) is 3.21. The second-order valence-corrected chi connectivity index (χ2v) is 8.74. The van der Waals surface area contributed by atoms with E-state index in [-0.39, 0.29) is 37.4 Å². The van der Waals surface area contributed by atoms with Crippen molar-refractivity contribution in [2.45, 2.75) is 57.3 Å². The summed E-state index contributed by atoms with van der Waals surface area (Å²) in [5.41, 5.74) is -0.310. The normalized spacial score (nSPS) is 25.3. The Hall–Kier alpha value is -2.54. The van der Waals surface area contributed by atoms with Gasteiger partial charge in [0.05, 0.1) is 13.1 Å². The number of benzene rings is 1. The first kappa shape index (κ1) is 20.7. The lowest BCUT2D eigenvalue weighted by molar-refractivity contribution is -0.170. The van der Waals surface area contributed by atoms with Gasteiger partial charge >= 0.3 is 0 Å². The van der Waals surface area contributed by atoms with Gasteiger partial charge < -0.3 is 24.8 Å². The van der Waals surface area contributed by atoms with E-state index in [1.165, 1.54) is 6.42 Å². The van der Waals surface area contributed by atoms with Gasteiger partial charge in [-0.3, -0.25) is 9.59 Å². The smallest absolute Gasteiger partial charge is 0.251 e. The SMILES string of the molecule is CC1(C)OC2=C(CNC(=O)C3CCCCC3)OC[C@]2(CNC(=O)c2ccccc2)O1. The van der Waals surface area contributed by atoms with Crippen molar-refractivity contribution in [3.8, 4) is 0 Å². The molecule has 2 heterocycles. The molecule has 1 aromatic carbocycles. The molecule has 0 radical (unpaired) electrons. The zero-order valence-electron chi connectivity index (χ0n) is 17.7. The van der Waals surface area contributed by atoms with Gasteiger partial charge in [-0.1, -0.05) is 37.5 Å². The number of carbonyl (C=O) groups excluding carboxylic acids is 2. The summed E-state index contributed by atoms with van der Waals surface area (Å²) < 4.78 is 18.1. The van der Waals surface area contributed by atoms with Gasteiger partial charge in [0, 0.05) is 25.3 Å². The molecule has 1 saturated carbocycles. The molecule has 4 rings (SSSR count). The van der Waals surface area contributed by atoms with Crippen molar-refractivity contribution in [1.82, 2.24) is 10.6 Å². The number of carbonyl (C=O) groups is 2. The fraction of sp³-hybridized carbons (Fsp3) is 0.565. The van der Waals surface area contributed by atoms with Crippen LogP contribution in [0.25, 0.3) is 0 Å². The molecule has 0 unspecified atom stereocenters. The summed E-state index contributed by atoms with van der Waals surface area (Å²) in [6.45, 7) is 4.38. The summed E-state index contributed by atoms with van der Waals surface area (Å²) in [6.07, 6.45) is 5.32. The molecule has 0 aromatic heterocycles. The lowest BCUT2D eigenvalue weighted by Gasteiger charge is -2.25. The Morgan fingerprint density at radius 1 is 1.07 bits per heavy atom. The topological polar surface area (TPSA) is 85.9 Å². The predicted octanol–water partition coefficient (Wildman–Crippen LogP) is 2.88. The highest BCUT2D eigenvalue weighted by Gasteiger charge is 2.56. The van der Waals surface area contributed by atoms with Crippen molar-refractivity contribution >= 4 is 11.8 Å². The molecule has 1 aliphatic carbocycles. The molecule has 2 fully saturated rings. The van der Waals surface area contributed by atoms with Gasteiger partial charge in [0.1, 0.15) is 6.61 Å². The van der Waals surface area contributed by atoms with Gasteiger partial charge in [-0.15, -0.1) is 0 Å². The van der Waals surface area contributed by atoms with E-state index < -0.39 is 11.4 Å². The largest absolute Gasteiger partial charge is 0.489 e. The fourth-order valence-corrected chi connectivity index (χ4v) is 4.44. The number of ether oxygens (including phenoxy) is 3. The minimum atomic E-state index is -0.890. The first-order valence-electron chi connectivity index (χ1n) is 10.8. The number of hydrogen-bond acceptors (Lipinski definition) is 5. The summed E-state index contributed by atoms with van der Waals surface area (Å²) in [5, 5.41) is 5.93. The molecule has 162 valence electrons. The number of amides is 2. The van der Waals surface area contributed by atoms with Crippen LogP contribution in [0.4, 0.5) is 0 Å². The number of rotatable bonds is 6. The third-order valence-electron chi connectivity index (χ3n) is 5.91. The van der Waals surface area contributed by atoms with Crippen LogP contribution in [0.1, 0.15) is 56.3 Å². The molecule has 1 aromatic rings. The molecule has 1 saturated heterocycles. The Morgan fingerprint density at radius 3 is 2.53 bits per heavy atom.